The minimum Gasteiger partial charge on any atom is -0.379 e. The molecule has 0 aromatic heterocycles. The molecule has 1 amide bonds. The second-order valence-electron chi connectivity index (χ2n) is 4.36. The quantitative estimate of drug-likeness (QED) is 0.771. The highest BCUT2D eigenvalue weighted by atomic mass is 32.1. The molecule has 1 saturated heterocycles. The molecular weight excluding hydrogens is 222 g/mol. The summed E-state index contributed by atoms with van der Waals surface area (Å²) in [5.41, 5.74) is 0.433. The van der Waals surface area contributed by atoms with Crippen LogP contribution < -0.4 is 5.32 Å². The van der Waals surface area contributed by atoms with Crippen LogP contribution in [0.15, 0.2) is 29.2 Å². The van der Waals surface area contributed by atoms with Gasteiger partial charge in [0.25, 0.3) is 5.91 Å². The van der Waals surface area contributed by atoms with E-state index in [-0.39, 0.29) is 11.4 Å². The lowest BCUT2D eigenvalue weighted by Crippen LogP contribution is -2.46. The Balaban J connectivity index is 2.05. The fourth-order valence-corrected chi connectivity index (χ4v) is 1.87. The monoisotopic (exact) mass is 237 g/mol. The largest absolute Gasteiger partial charge is 0.379 e. The standard InChI is InChI=1S/C12H15NO2S/c1-12(6-7-15-8-12)13-11(14)9-2-4-10(16)5-3-9/h2-5,16H,6-8H2,1H3,(H,13,14). The molecule has 3 nitrogen and oxygen atoms in total. The number of ether oxygens (including phenoxy) is 1. The summed E-state index contributed by atoms with van der Waals surface area (Å²) < 4.78 is 5.29. The molecule has 1 N–H and O–H groups in total. The molecule has 1 atom stereocenters. The molecule has 1 aliphatic rings. The van der Waals surface area contributed by atoms with Crippen molar-refractivity contribution in [1.29, 1.82) is 0 Å². The first kappa shape index (κ1) is 11.5. The van der Waals surface area contributed by atoms with Crippen LogP contribution in [0.2, 0.25) is 0 Å². The van der Waals surface area contributed by atoms with Gasteiger partial charge in [0.15, 0.2) is 0 Å². The van der Waals surface area contributed by atoms with Gasteiger partial charge < -0.3 is 10.1 Å². The number of hydrogen-bond acceptors (Lipinski definition) is 3. The van der Waals surface area contributed by atoms with Gasteiger partial charge in [-0.1, -0.05) is 0 Å². The van der Waals surface area contributed by atoms with Crippen LogP contribution in [-0.2, 0) is 4.74 Å². The first-order chi connectivity index (χ1) is 7.59. The van der Waals surface area contributed by atoms with Gasteiger partial charge in [-0.3, -0.25) is 4.79 Å². The molecule has 2 rings (SSSR count). The maximum Gasteiger partial charge on any atom is 0.251 e. The molecule has 0 bridgehead atoms. The van der Waals surface area contributed by atoms with Crippen LogP contribution in [-0.4, -0.2) is 24.7 Å². The number of benzene rings is 1. The van der Waals surface area contributed by atoms with E-state index in [1.165, 1.54) is 0 Å². The van der Waals surface area contributed by atoms with Gasteiger partial charge in [-0.25, -0.2) is 0 Å². The number of carbonyl (C=O) groups is 1. The number of rotatable bonds is 2. The van der Waals surface area contributed by atoms with Crippen LogP contribution in [0.5, 0.6) is 0 Å². The van der Waals surface area contributed by atoms with Crippen LogP contribution >= 0.6 is 12.6 Å². The smallest absolute Gasteiger partial charge is 0.251 e. The Bertz CT molecular complexity index is 383. The van der Waals surface area contributed by atoms with E-state index >= 15 is 0 Å². The maximum atomic E-state index is 11.9. The molecule has 1 heterocycles. The Labute approximate surface area is 101 Å². The molecule has 0 aliphatic carbocycles. The summed E-state index contributed by atoms with van der Waals surface area (Å²) in [6.07, 6.45) is 0.864. The van der Waals surface area contributed by atoms with Crippen LogP contribution in [0.25, 0.3) is 0 Å². The summed E-state index contributed by atoms with van der Waals surface area (Å²) in [5.74, 6) is -0.0543. The number of nitrogens with one attached hydrogen (secondary N) is 1. The third-order valence-electron chi connectivity index (χ3n) is 2.76. The highest BCUT2D eigenvalue weighted by Gasteiger charge is 2.31. The second kappa shape index (κ2) is 4.47. The lowest BCUT2D eigenvalue weighted by Gasteiger charge is -2.23. The van der Waals surface area contributed by atoms with Crippen molar-refractivity contribution in [3.8, 4) is 0 Å². The Morgan fingerprint density at radius 2 is 2.12 bits per heavy atom. The van der Waals surface area contributed by atoms with Crippen LogP contribution in [0.1, 0.15) is 23.7 Å². The number of thiol groups is 1. The molecule has 16 heavy (non-hydrogen) atoms. The van der Waals surface area contributed by atoms with Gasteiger partial charge in [0.1, 0.15) is 0 Å². The van der Waals surface area contributed by atoms with E-state index in [0.717, 1.165) is 11.3 Å². The van der Waals surface area contributed by atoms with Crippen LogP contribution in [0, 0.1) is 0 Å². The summed E-state index contributed by atoms with van der Waals surface area (Å²) in [5, 5.41) is 3.00. The van der Waals surface area contributed by atoms with Crippen molar-refractivity contribution in [1.82, 2.24) is 5.32 Å². The van der Waals surface area contributed by atoms with Crippen molar-refractivity contribution in [2.75, 3.05) is 13.2 Å². The first-order valence-electron chi connectivity index (χ1n) is 5.28. The van der Waals surface area contributed by atoms with Gasteiger partial charge in [0, 0.05) is 17.1 Å². The van der Waals surface area contributed by atoms with E-state index < -0.39 is 0 Å². The molecule has 1 aliphatic heterocycles. The molecule has 1 fully saturated rings. The van der Waals surface area contributed by atoms with Gasteiger partial charge >= 0.3 is 0 Å². The van der Waals surface area contributed by atoms with E-state index in [4.69, 9.17) is 4.74 Å². The highest BCUT2D eigenvalue weighted by molar-refractivity contribution is 7.80. The summed E-state index contributed by atoms with van der Waals surface area (Å²) in [7, 11) is 0. The molecule has 0 saturated carbocycles. The van der Waals surface area contributed by atoms with Crippen molar-refractivity contribution in [3.63, 3.8) is 0 Å². The Morgan fingerprint density at radius 1 is 1.44 bits per heavy atom. The predicted molar refractivity (Wildman–Crippen MR) is 65.0 cm³/mol. The van der Waals surface area contributed by atoms with Gasteiger partial charge in [-0.15, -0.1) is 12.6 Å². The Morgan fingerprint density at radius 3 is 2.69 bits per heavy atom. The van der Waals surface area contributed by atoms with E-state index in [9.17, 15) is 4.79 Å². The minimum atomic E-state index is -0.225. The molecule has 86 valence electrons. The SMILES string of the molecule is CC1(NC(=O)c2ccc(S)cc2)CCOC1. The Kier molecular flexibility index (Phi) is 3.21. The fraction of sp³-hybridized carbons (Fsp3) is 0.417. The van der Waals surface area contributed by atoms with Crippen molar-refractivity contribution >= 4 is 18.5 Å². The van der Waals surface area contributed by atoms with Crippen molar-refractivity contribution in [2.24, 2.45) is 0 Å². The summed E-state index contributed by atoms with van der Waals surface area (Å²) in [4.78, 5) is 12.8. The number of amides is 1. The van der Waals surface area contributed by atoms with Gasteiger partial charge in [0.05, 0.1) is 12.1 Å². The highest BCUT2D eigenvalue weighted by Crippen LogP contribution is 2.18. The van der Waals surface area contributed by atoms with Gasteiger partial charge in [-0.2, -0.15) is 0 Å². The van der Waals surface area contributed by atoms with Gasteiger partial charge in [0.2, 0.25) is 0 Å². The zero-order chi connectivity index (χ0) is 11.6. The normalized spacial score (nSPS) is 24.4. The molecule has 0 radical (unpaired) electrons. The summed E-state index contributed by atoms with van der Waals surface area (Å²) >= 11 is 4.18. The van der Waals surface area contributed by atoms with Gasteiger partial charge in [-0.05, 0) is 37.6 Å². The zero-order valence-corrected chi connectivity index (χ0v) is 10.1. The zero-order valence-electron chi connectivity index (χ0n) is 9.19. The average molecular weight is 237 g/mol. The van der Waals surface area contributed by atoms with E-state index in [0.29, 0.717) is 18.8 Å². The number of hydrogen-bond donors (Lipinski definition) is 2. The lowest BCUT2D eigenvalue weighted by molar-refractivity contribution is 0.0890. The lowest BCUT2D eigenvalue weighted by atomic mass is 10.0. The molecular formula is C12H15NO2S. The van der Waals surface area contributed by atoms with Crippen molar-refractivity contribution in [3.05, 3.63) is 29.8 Å². The van der Waals surface area contributed by atoms with Crippen LogP contribution in [0.3, 0.4) is 0 Å². The molecule has 1 aromatic rings. The average Bonchev–Trinajstić information content (AvgIpc) is 2.65. The first-order valence-corrected chi connectivity index (χ1v) is 5.73. The molecule has 1 unspecified atom stereocenters. The van der Waals surface area contributed by atoms with E-state index in [1.807, 2.05) is 19.1 Å². The van der Waals surface area contributed by atoms with Crippen LogP contribution in [0.4, 0.5) is 0 Å². The molecule has 1 aromatic carbocycles. The molecule has 4 heteroatoms. The second-order valence-corrected chi connectivity index (χ2v) is 4.88. The van der Waals surface area contributed by atoms with Crippen molar-refractivity contribution in [2.45, 2.75) is 23.8 Å². The maximum absolute atomic E-state index is 11.9. The van der Waals surface area contributed by atoms with E-state index in [1.54, 1.807) is 12.1 Å². The predicted octanol–water partition coefficient (Wildman–Crippen LogP) is 1.88. The topological polar surface area (TPSA) is 38.3 Å². The fourth-order valence-electron chi connectivity index (χ4n) is 1.72. The van der Waals surface area contributed by atoms with Crippen molar-refractivity contribution < 1.29 is 9.53 Å². The summed E-state index contributed by atoms with van der Waals surface area (Å²) in [6.45, 7) is 3.31. The summed E-state index contributed by atoms with van der Waals surface area (Å²) in [6, 6.07) is 7.17. The Hall–Kier alpha value is -1.00. The third-order valence-corrected chi connectivity index (χ3v) is 3.06. The molecule has 0 spiro atoms. The minimum absolute atomic E-state index is 0.0543. The number of carbonyl (C=O) groups excluding carboxylic acids is 1. The van der Waals surface area contributed by atoms with E-state index in [2.05, 4.69) is 17.9 Å². The third kappa shape index (κ3) is 2.57.